The van der Waals surface area contributed by atoms with Crippen LogP contribution in [0, 0.1) is 5.41 Å². The van der Waals surface area contributed by atoms with Crippen LogP contribution >= 0.6 is 0 Å². The molecule has 0 aliphatic rings. The first kappa shape index (κ1) is 25.6. The number of primary amides is 1. The molecule has 2 rings (SSSR count). The summed E-state index contributed by atoms with van der Waals surface area (Å²) in [6.45, 7) is 11.4. The first-order chi connectivity index (χ1) is 15.2. The summed E-state index contributed by atoms with van der Waals surface area (Å²) in [6.07, 6.45) is 3.24. The Balaban J connectivity index is 2.19. The molecule has 3 amide bonds. The fourth-order valence-corrected chi connectivity index (χ4v) is 3.32. The number of aromatic nitrogens is 3. The van der Waals surface area contributed by atoms with Gasteiger partial charge in [0.25, 0.3) is 11.8 Å². The predicted octanol–water partition coefficient (Wildman–Crippen LogP) is 2.23. The van der Waals surface area contributed by atoms with Gasteiger partial charge in [0, 0.05) is 29.6 Å². The zero-order valence-corrected chi connectivity index (χ0v) is 20.0. The normalized spacial score (nSPS) is 13.1. The lowest BCUT2D eigenvalue weighted by Gasteiger charge is -2.17. The summed E-state index contributed by atoms with van der Waals surface area (Å²) in [5.74, 6) is -2.29. The van der Waals surface area contributed by atoms with Crippen LogP contribution in [0.2, 0.25) is 0 Å². The highest BCUT2D eigenvalue weighted by molar-refractivity contribution is 6.04. The number of nitrogens with two attached hydrogens (primary N) is 3. The third-order valence-electron chi connectivity index (χ3n) is 4.88. The van der Waals surface area contributed by atoms with E-state index in [0.717, 1.165) is 0 Å². The number of nitrogen functional groups attached to an aromatic ring is 1. The molecule has 10 nitrogen and oxygen atoms in total. The summed E-state index contributed by atoms with van der Waals surface area (Å²) in [7, 11) is 0. The summed E-state index contributed by atoms with van der Waals surface area (Å²) in [5, 5.41) is 6.73. The second-order valence-electron chi connectivity index (χ2n) is 9.52. The molecule has 0 saturated heterocycles. The molecule has 0 spiro atoms. The third-order valence-corrected chi connectivity index (χ3v) is 4.88. The van der Waals surface area contributed by atoms with E-state index in [4.69, 9.17) is 17.2 Å². The second-order valence-corrected chi connectivity index (χ2v) is 9.52. The second kappa shape index (κ2) is 9.85. The molecule has 0 radical (unpaired) electrons. The van der Waals surface area contributed by atoms with Crippen LogP contribution in [0.4, 0.5) is 5.82 Å². The lowest BCUT2D eigenvalue weighted by Crippen LogP contribution is -2.33. The fraction of sp³-hybridized carbons (Fsp3) is 0.435. The zero-order chi connectivity index (χ0) is 25.1. The van der Waals surface area contributed by atoms with Gasteiger partial charge in [-0.2, -0.15) is 5.10 Å². The molecule has 2 heterocycles. The van der Waals surface area contributed by atoms with Crippen molar-refractivity contribution in [1.82, 2.24) is 20.1 Å². The van der Waals surface area contributed by atoms with Gasteiger partial charge in [-0.15, -0.1) is 0 Å². The van der Waals surface area contributed by atoms with E-state index < -0.39 is 23.6 Å². The Morgan fingerprint density at radius 1 is 1.15 bits per heavy atom. The minimum Gasteiger partial charge on any atom is -0.402 e. The van der Waals surface area contributed by atoms with Crippen LogP contribution in [0.5, 0.6) is 0 Å². The Bertz CT molecular complexity index is 1080. The van der Waals surface area contributed by atoms with Crippen molar-refractivity contribution in [2.24, 2.45) is 16.9 Å². The van der Waals surface area contributed by atoms with Gasteiger partial charge in [-0.3, -0.25) is 24.7 Å². The smallest absolute Gasteiger partial charge is 0.254 e. The quantitative estimate of drug-likeness (QED) is 0.463. The van der Waals surface area contributed by atoms with Gasteiger partial charge in [0.05, 0.1) is 11.6 Å². The van der Waals surface area contributed by atoms with Crippen molar-refractivity contribution in [2.45, 2.75) is 59.9 Å². The molecule has 0 saturated carbocycles. The van der Waals surface area contributed by atoms with Crippen molar-refractivity contribution in [3.05, 3.63) is 41.4 Å². The number of anilines is 1. The van der Waals surface area contributed by atoms with Crippen LogP contribution in [-0.2, 0) is 9.59 Å². The SMILES string of the molecule is CC(C(=O)NC(=O)C=C(N)CC(C)(C)C)c1ccc(-c2nn(C(C)C)c(N)c2C(N)=O)cn1. The number of imide groups is 1. The third kappa shape index (κ3) is 6.41. The highest BCUT2D eigenvalue weighted by atomic mass is 16.2. The molecule has 2 aromatic rings. The topological polar surface area (TPSA) is 172 Å². The van der Waals surface area contributed by atoms with Gasteiger partial charge < -0.3 is 17.2 Å². The number of nitrogens with zero attached hydrogens (tertiary/aromatic N) is 3. The summed E-state index contributed by atoms with van der Waals surface area (Å²) < 4.78 is 1.52. The molecule has 0 bridgehead atoms. The van der Waals surface area contributed by atoms with E-state index in [1.54, 1.807) is 19.1 Å². The molecular formula is C23H33N7O3. The molecule has 1 unspecified atom stereocenters. The first-order valence-corrected chi connectivity index (χ1v) is 10.7. The Kier molecular flexibility index (Phi) is 7.63. The van der Waals surface area contributed by atoms with E-state index in [1.807, 2.05) is 34.6 Å². The summed E-state index contributed by atoms with van der Waals surface area (Å²) in [6, 6.07) is 3.23. The number of allylic oxidation sites excluding steroid dienone is 1. The van der Waals surface area contributed by atoms with Gasteiger partial charge in [-0.05, 0) is 44.7 Å². The molecule has 178 valence electrons. The first-order valence-electron chi connectivity index (χ1n) is 10.7. The molecule has 0 aliphatic heterocycles. The number of rotatable bonds is 7. The van der Waals surface area contributed by atoms with E-state index in [-0.39, 0.29) is 22.8 Å². The van der Waals surface area contributed by atoms with Crippen molar-refractivity contribution in [3.8, 4) is 11.3 Å². The maximum Gasteiger partial charge on any atom is 0.254 e. The van der Waals surface area contributed by atoms with Crippen LogP contribution in [0.3, 0.4) is 0 Å². The van der Waals surface area contributed by atoms with E-state index in [2.05, 4.69) is 15.4 Å². The van der Waals surface area contributed by atoms with Gasteiger partial charge in [0.1, 0.15) is 17.1 Å². The average molecular weight is 456 g/mol. The van der Waals surface area contributed by atoms with E-state index in [9.17, 15) is 14.4 Å². The van der Waals surface area contributed by atoms with E-state index in [1.165, 1.54) is 17.0 Å². The summed E-state index contributed by atoms with van der Waals surface area (Å²) >= 11 is 0. The number of carbonyl (C=O) groups excluding carboxylic acids is 3. The molecule has 1 atom stereocenters. The Morgan fingerprint density at radius 2 is 1.79 bits per heavy atom. The van der Waals surface area contributed by atoms with Gasteiger partial charge in [0.15, 0.2) is 0 Å². The van der Waals surface area contributed by atoms with Crippen LogP contribution in [-0.4, -0.2) is 32.5 Å². The van der Waals surface area contributed by atoms with Gasteiger partial charge in [-0.25, -0.2) is 4.68 Å². The van der Waals surface area contributed by atoms with Crippen LogP contribution < -0.4 is 22.5 Å². The predicted molar refractivity (Wildman–Crippen MR) is 127 cm³/mol. The van der Waals surface area contributed by atoms with Crippen molar-refractivity contribution in [3.63, 3.8) is 0 Å². The highest BCUT2D eigenvalue weighted by Gasteiger charge is 2.24. The lowest BCUT2D eigenvalue weighted by molar-refractivity contribution is -0.128. The Hall–Kier alpha value is -3.69. The Morgan fingerprint density at radius 3 is 2.27 bits per heavy atom. The maximum absolute atomic E-state index is 12.5. The van der Waals surface area contributed by atoms with Gasteiger partial charge in [-0.1, -0.05) is 20.8 Å². The monoisotopic (exact) mass is 455 g/mol. The van der Waals surface area contributed by atoms with Crippen molar-refractivity contribution < 1.29 is 14.4 Å². The van der Waals surface area contributed by atoms with Crippen molar-refractivity contribution in [1.29, 1.82) is 0 Å². The van der Waals surface area contributed by atoms with Gasteiger partial charge in [0.2, 0.25) is 5.91 Å². The lowest BCUT2D eigenvalue weighted by atomic mass is 9.90. The summed E-state index contributed by atoms with van der Waals surface area (Å²) in [5.41, 5.74) is 19.2. The number of pyridine rings is 1. The van der Waals surface area contributed by atoms with E-state index in [0.29, 0.717) is 29.1 Å². The number of hydrogen-bond donors (Lipinski definition) is 4. The van der Waals surface area contributed by atoms with Crippen LogP contribution in [0.15, 0.2) is 30.1 Å². The minimum absolute atomic E-state index is 0.0724. The number of hydrogen-bond acceptors (Lipinski definition) is 7. The van der Waals surface area contributed by atoms with Gasteiger partial charge >= 0.3 is 0 Å². The molecule has 7 N–H and O–H groups in total. The molecular weight excluding hydrogens is 422 g/mol. The molecule has 33 heavy (non-hydrogen) atoms. The number of amides is 3. The maximum atomic E-state index is 12.5. The highest BCUT2D eigenvalue weighted by Crippen LogP contribution is 2.29. The van der Waals surface area contributed by atoms with Crippen LogP contribution in [0.25, 0.3) is 11.3 Å². The molecule has 2 aromatic heterocycles. The van der Waals surface area contributed by atoms with Crippen molar-refractivity contribution in [2.75, 3.05) is 5.73 Å². The minimum atomic E-state index is -0.700. The molecule has 0 aromatic carbocycles. The Labute approximate surface area is 193 Å². The van der Waals surface area contributed by atoms with Crippen molar-refractivity contribution >= 4 is 23.5 Å². The standard InChI is InChI=1S/C23H33N7O3/c1-12(2)30-20(25)18(21(26)32)19(29-30)14-7-8-16(27-11-14)13(3)22(33)28-17(31)9-15(24)10-23(4,5)6/h7-9,11-13H,10,24-25H2,1-6H3,(H2,26,32)(H,28,31,33). The number of carbonyl (C=O) groups is 3. The van der Waals surface area contributed by atoms with E-state index >= 15 is 0 Å². The largest absolute Gasteiger partial charge is 0.402 e. The van der Waals surface area contributed by atoms with Crippen LogP contribution in [0.1, 0.15) is 76.0 Å². The fourth-order valence-electron chi connectivity index (χ4n) is 3.32. The average Bonchev–Trinajstić information content (AvgIpc) is 3.03. The molecule has 10 heteroatoms. The number of nitrogens with one attached hydrogen (secondary N) is 1. The zero-order valence-electron chi connectivity index (χ0n) is 20.0. The summed E-state index contributed by atoms with van der Waals surface area (Å²) in [4.78, 5) is 40.9. The molecule has 0 aliphatic carbocycles. The molecule has 0 fully saturated rings.